The molecule has 0 aromatic carbocycles. The Labute approximate surface area is 638 Å². The summed E-state index contributed by atoms with van der Waals surface area (Å²) in [6.45, 7) is 12.0. The number of rotatable bonds is 83. The quantitative estimate of drug-likeness (QED) is 0.0222. The molecule has 0 heterocycles. The molecule has 0 spiro atoms. The minimum atomic E-state index is -4.96. The van der Waals surface area contributed by atoms with Gasteiger partial charge in [0.2, 0.25) is 0 Å². The molecule has 104 heavy (non-hydrogen) atoms. The molecule has 0 bridgehead atoms. The summed E-state index contributed by atoms with van der Waals surface area (Å²) in [5.41, 5.74) is 0. The normalized spacial score (nSPS) is 14.4. The summed E-state index contributed by atoms with van der Waals surface area (Å²) in [7, 11) is -9.92. The van der Waals surface area contributed by atoms with Crippen LogP contribution in [-0.4, -0.2) is 96.7 Å². The number of carbonyl (C=O) groups is 4. The Hall–Kier alpha value is -1.94. The van der Waals surface area contributed by atoms with Crippen molar-refractivity contribution in [1.82, 2.24) is 0 Å². The molecule has 618 valence electrons. The van der Waals surface area contributed by atoms with Crippen LogP contribution in [0, 0.1) is 17.8 Å². The number of phosphoric acid groups is 2. The van der Waals surface area contributed by atoms with Gasteiger partial charge >= 0.3 is 39.5 Å². The maximum atomic E-state index is 13.1. The molecule has 0 aliphatic carbocycles. The van der Waals surface area contributed by atoms with Gasteiger partial charge in [-0.1, -0.05) is 395 Å². The second-order valence-electron chi connectivity index (χ2n) is 31.5. The van der Waals surface area contributed by atoms with Gasteiger partial charge in [-0.2, -0.15) is 0 Å². The molecular formula is C85H166O17P2. The molecule has 0 aliphatic rings. The van der Waals surface area contributed by atoms with Crippen LogP contribution in [0.4, 0.5) is 0 Å². The number of aliphatic hydroxyl groups is 1. The lowest BCUT2D eigenvalue weighted by Crippen LogP contribution is -2.30. The smallest absolute Gasteiger partial charge is 0.462 e. The van der Waals surface area contributed by atoms with Crippen LogP contribution >= 0.6 is 15.6 Å². The van der Waals surface area contributed by atoms with Crippen LogP contribution in [0.25, 0.3) is 0 Å². The van der Waals surface area contributed by atoms with Crippen LogP contribution in [0.1, 0.15) is 447 Å². The van der Waals surface area contributed by atoms with Crippen LogP contribution in [-0.2, 0) is 65.4 Å². The Morgan fingerprint density at radius 2 is 0.490 bits per heavy atom. The Balaban J connectivity index is 5.17. The lowest BCUT2D eigenvalue weighted by atomic mass is 9.99. The molecule has 0 rings (SSSR count). The summed E-state index contributed by atoms with van der Waals surface area (Å²) >= 11 is 0. The van der Waals surface area contributed by atoms with Gasteiger partial charge in [0.1, 0.15) is 19.3 Å². The van der Waals surface area contributed by atoms with E-state index in [1.54, 1.807) is 0 Å². The highest BCUT2D eigenvalue weighted by Gasteiger charge is 2.30. The van der Waals surface area contributed by atoms with Crippen LogP contribution in [0.3, 0.4) is 0 Å². The van der Waals surface area contributed by atoms with E-state index in [9.17, 15) is 43.2 Å². The number of ether oxygens (including phenoxy) is 4. The van der Waals surface area contributed by atoms with E-state index in [4.69, 9.17) is 37.0 Å². The predicted molar refractivity (Wildman–Crippen MR) is 428 cm³/mol. The van der Waals surface area contributed by atoms with Crippen molar-refractivity contribution >= 4 is 39.5 Å². The molecule has 0 aliphatic heterocycles. The molecule has 0 radical (unpaired) electrons. The summed E-state index contributed by atoms with van der Waals surface area (Å²) in [5.74, 6) is 0.330. The first-order valence-corrected chi connectivity index (χ1v) is 46.9. The Bertz CT molecular complexity index is 2010. The molecule has 0 saturated heterocycles. The fraction of sp³-hybridized carbons (Fsp3) is 0.953. The van der Waals surface area contributed by atoms with Crippen LogP contribution < -0.4 is 0 Å². The van der Waals surface area contributed by atoms with Gasteiger partial charge in [0.25, 0.3) is 0 Å². The maximum absolute atomic E-state index is 13.1. The van der Waals surface area contributed by atoms with E-state index < -0.39 is 97.5 Å². The summed E-state index contributed by atoms with van der Waals surface area (Å²) in [6.07, 6.45) is 65.5. The largest absolute Gasteiger partial charge is 0.472 e. The third-order valence-corrected chi connectivity index (χ3v) is 22.5. The van der Waals surface area contributed by atoms with Crippen LogP contribution in [0.5, 0.6) is 0 Å². The fourth-order valence-corrected chi connectivity index (χ4v) is 14.7. The topological polar surface area (TPSA) is 237 Å². The monoisotopic (exact) mass is 1520 g/mol. The van der Waals surface area contributed by atoms with Gasteiger partial charge in [-0.15, -0.1) is 0 Å². The van der Waals surface area contributed by atoms with Crippen LogP contribution in [0.15, 0.2) is 0 Å². The van der Waals surface area contributed by atoms with Crippen molar-refractivity contribution in [2.75, 3.05) is 39.6 Å². The van der Waals surface area contributed by atoms with Crippen molar-refractivity contribution in [3.8, 4) is 0 Å². The third-order valence-electron chi connectivity index (χ3n) is 20.6. The van der Waals surface area contributed by atoms with E-state index in [-0.39, 0.29) is 25.7 Å². The van der Waals surface area contributed by atoms with E-state index in [0.717, 1.165) is 102 Å². The molecule has 3 N–H and O–H groups in total. The molecule has 0 aromatic rings. The van der Waals surface area contributed by atoms with E-state index >= 15 is 0 Å². The Kier molecular flexibility index (Phi) is 73.7. The molecule has 7 atom stereocenters. The van der Waals surface area contributed by atoms with Crippen molar-refractivity contribution in [2.45, 2.75) is 465 Å². The third kappa shape index (κ3) is 75.5. The highest BCUT2D eigenvalue weighted by atomic mass is 31.2. The van der Waals surface area contributed by atoms with Crippen molar-refractivity contribution in [3.05, 3.63) is 0 Å². The van der Waals surface area contributed by atoms with Crippen molar-refractivity contribution in [2.24, 2.45) is 17.8 Å². The Morgan fingerprint density at radius 1 is 0.279 bits per heavy atom. The predicted octanol–water partition coefficient (Wildman–Crippen LogP) is 25.7. The first-order chi connectivity index (χ1) is 50.3. The number of hydrogen-bond acceptors (Lipinski definition) is 15. The van der Waals surface area contributed by atoms with Gasteiger partial charge in [-0.3, -0.25) is 37.3 Å². The lowest BCUT2D eigenvalue weighted by Gasteiger charge is -2.21. The number of hydrogen-bond donors (Lipinski definition) is 3. The zero-order valence-corrected chi connectivity index (χ0v) is 70.3. The van der Waals surface area contributed by atoms with Gasteiger partial charge in [0.15, 0.2) is 12.2 Å². The minimum absolute atomic E-state index is 0.104. The zero-order chi connectivity index (χ0) is 76.5. The van der Waals surface area contributed by atoms with Gasteiger partial charge in [0.05, 0.1) is 26.4 Å². The van der Waals surface area contributed by atoms with Gasteiger partial charge in [0, 0.05) is 25.7 Å². The fourth-order valence-electron chi connectivity index (χ4n) is 13.1. The lowest BCUT2D eigenvalue weighted by molar-refractivity contribution is -0.161. The molecule has 0 aromatic heterocycles. The second-order valence-corrected chi connectivity index (χ2v) is 34.4. The second kappa shape index (κ2) is 75.1. The first kappa shape index (κ1) is 102. The SMILES string of the molecule is CCCCCCCCCCCCC(=O)OC[C@H](COP(=O)(O)OC[C@H](O)COP(=O)(O)OC[C@@H](COC(=O)CCCCCCCCCCCCCCCCCCCCC(C)CC)OC(=O)CCCCCCCCCCCCCCCCCCCCC(C)CC)OC(=O)CCCCCCCCCC(C)C. The Morgan fingerprint density at radius 3 is 0.731 bits per heavy atom. The number of esters is 4. The molecule has 19 heteroatoms. The van der Waals surface area contributed by atoms with E-state index in [2.05, 4.69) is 48.5 Å². The molecule has 0 amide bonds. The standard InChI is InChI=1S/C85H166O17P2/c1-8-11-12-13-14-15-38-45-52-59-66-82(87)95-73-81(102-85(90)69-62-55-48-41-42-49-56-63-76(4)5)75-100-104(93,94)98-71-79(86)70-97-103(91,92)99-74-80(101-84(89)68-61-54-47-40-35-31-27-23-19-17-21-25-29-33-37-44-51-58-65-78(7)10-3)72-96-83(88)67-60-53-46-39-34-30-26-22-18-16-20-24-28-32-36-43-50-57-64-77(6)9-2/h76-81,86H,8-75H2,1-7H3,(H,91,92)(H,93,94)/t77?,78?,79-,80-,81-/m1/s1. The zero-order valence-electron chi connectivity index (χ0n) is 68.5. The average molecular weight is 1520 g/mol. The van der Waals surface area contributed by atoms with E-state index in [1.165, 1.54) is 257 Å². The van der Waals surface area contributed by atoms with Gasteiger partial charge in [-0.05, 0) is 43.4 Å². The number of aliphatic hydroxyl groups excluding tert-OH is 1. The molecule has 0 saturated carbocycles. The summed E-state index contributed by atoms with van der Waals surface area (Å²) in [4.78, 5) is 73.0. The van der Waals surface area contributed by atoms with Gasteiger partial charge in [-0.25, -0.2) is 9.13 Å². The minimum Gasteiger partial charge on any atom is -0.462 e. The number of carbonyl (C=O) groups excluding carboxylic acids is 4. The van der Waals surface area contributed by atoms with E-state index in [0.29, 0.717) is 31.6 Å². The molecular weight excluding hydrogens is 1350 g/mol. The molecule has 4 unspecified atom stereocenters. The highest BCUT2D eigenvalue weighted by Crippen LogP contribution is 2.45. The maximum Gasteiger partial charge on any atom is 0.472 e. The highest BCUT2D eigenvalue weighted by molar-refractivity contribution is 7.47. The number of phosphoric ester groups is 2. The summed E-state index contributed by atoms with van der Waals surface area (Å²) < 4.78 is 68.7. The van der Waals surface area contributed by atoms with Gasteiger partial charge < -0.3 is 33.8 Å². The average Bonchev–Trinajstić information content (AvgIpc) is 0.906. The molecule has 0 fully saturated rings. The number of unbranched alkanes of at least 4 members (excludes halogenated alkanes) is 49. The van der Waals surface area contributed by atoms with Crippen molar-refractivity contribution in [1.29, 1.82) is 0 Å². The summed E-state index contributed by atoms with van der Waals surface area (Å²) in [5, 5.41) is 10.6. The van der Waals surface area contributed by atoms with E-state index in [1.807, 2.05) is 0 Å². The van der Waals surface area contributed by atoms with Crippen LogP contribution in [0.2, 0.25) is 0 Å². The van der Waals surface area contributed by atoms with Crippen molar-refractivity contribution < 1.29 is 80.2 Å². The summed E-state index contributed by atoms with van der Waals surface area (Å²) in [6, 6.07) is 0. The van der Waals surface area contributed by atoms with Crippen molar-refractivity contribution in [3.63, 3.8) is 0 Å². The molecule has 17 nitrogen and oxygen atoms in total. The first-order valence-electron chi connectivity index (χ1n) is 43.9.